The van der Waals surface area contributed by atoms with Gasteiger partial charge in [-0.15, -0.1) is 10.2 Å². The number of amides is 1. The van der Waals surface area contributed by atoms with Gasteiger partial charge in [-0.25, -0.2) is 0 Å². The summed E-state index contributed by atoms with van der Waals surface area (Å²) in [6.45, 7) is 5.32. The first-order valence-corrected chi connectivity index (χ1v) is 12.8. The van der Waals surface area contributed by atoms with Crippen molar-refractivity contribution in [1.29, 1.82) is 0 Å². The molecule has 1 amide bonds. The molecular weight excluding hydrogens is 480 g/mol. The molecule has 4 rings (SSSR count). The topological polar surface area (TPSA) is 106 Å². The van der Waals surface area contributed by atoms with Crippen LogP contribution in [0, 0.1) is 5.92 Å². The summed E-state index contributed by atoms with van der Waals surface area (Å²) in [5.74, 6) is 0.865. The number of nitrogens with one attached hydrogen (secondary N) is 2. The highest BCUT2D eigenvalue weighted by Crippen LogP contribution is 2.24. The molecule has 3 aromatic carbocycles. The Bertz CT molecular complexity index is 1320. The van der Waals surface area contributed by atoms with Crippen molar-refractivity contribution in [2.24, 2.45) is 5.92 Å². The molecule has 0 aliphatic rings. The molecule has 196 valence electrons. The number of ether oxygens (including phenoxy) is 1. The molecule has 4 aromatic rings. The summed E-state index contributed by atoms with van der Waals surface area (Å²) in [6, 6.07) is 25.2. The van der Waals surface area contributed by atoms with E-state index in [2.05, 4.69) is 39.9 Å². The Labute approximate surface area is 222 Å². The SMILES string of the molecule is CCOC(=O)CCNC(=O)c1ccc(NC[C@H](C)Cc2ccc(-c3nnc(-c4ccccc4)o3)cc2)cc1. The van der Waals surface area contributed by atoms with E-state index in [1.54, 1.807) is 19.1 Å². The molecule has 8 heteroatoms. The number of nitrogens with zero attached hydrogens (tertiary/aromatic N) is 2. The van der Waals surface area contributed by atoms with Gasteiger partial charge in [0.1, 0.15) is 0 Å². The maximum absolute atomic E-state index is 12.2. The van der Waals surface area contributed by atoms with Crippen molar-refractivity contribution in [3.05, 3.63) is 90.0 Å². The predicted octanol–water partition coefficient (Wildman–Crippen LogP) is 5.38. The van der Waals surface area contributed by atoms with Crippen molar-refractivity contribution < 1.29 is 18.7 Å². The second-order valence-corrected chi connectivity index (χ2v) is 9.05. The summed E-state index contributed by atoms with van der Waals surface area (Å²) in [5, 5.41) is 14.5. The molecular formula is C30H32N4O4. The largest absolute Gasteiger partial charge is 0.466 e. The fourth-order valence-corrected chi connectivity index (χ4v) is 3.94. The number of carbonyl (C=O) groups excluding carboxylic acids is 2. The molecule has 0 fully saturated rings. The Kier molecular flexibility index (Phi) is 9.23. The van der Waals surface area contributed by atoms with Crippen LogP contribution >= 0.6 is 0 Å². The number of hydrogen-bond acceptors (Lipinski definition) is 7. The zero-order valence-electron chi connectivity index (χ0n) is 21.6. The lowest BCUT2D eigenvalue weighted by Gasteiger charge is -2.14. The molecule has 2 N–H and O–H groups in total. The molecule has 0 bridgehead atoms. The molecule has 0 spiro atoms. The zero-order valence-corrected chi connectivity index (χ0v) is 21.6. The smallest absolute Gasteiger partial charge is 0.307 e. The Morgan fingerprint density at radius 3 is 2.21 bits per heavy atom. The van der Waals surface area contributed by atoms with Crippen molar-refractivity contribution in [1.82, 2.24) is 15.5 Å². The predicted molar refractivity (Wildman–Crippen MR) is 147 cm³/mol. The van der Waals surface area contributed by atoms with Crippen LogP contribution in [0.25, 0.3) is 22.9 Å². The van der Waals surface area contributed by atoms with Gasteiger partial charge in [-0.1, -0.05) is 37.3 Å². The number of aromatic nitrogens is 2. The second-order valence-electron chi connectivity index (χ2n) is 9.05. The van der Waals surface area contributed by atoms with E-state index in [4.69, 9.17) is 9.15 Å². The number of hydrogen-bond donors (Lipinski definition) is 2. The van der Waals surface area contributed by atoms with Crippen LogP contribution in [0.2, 0.25) is 0 Å². The summed E-state index contributed by atoms with van der Waals surface area (Å²) < 4.78 is 10.7. The maximum atomic E-state index is 12.2. The molecule has 38 heavy (non-hydrogen) atoms. The summed E-state index contributed by atoms with van der Waals surface area (Å²) in [6.07, 6.45) is 1.07. The monoisotopic (exact) mass is 512 g/mol. The summed E-state index contributed by atoms with van der Waals surface area (Å²) in [5.41, 5.74) is 4.50. The van der Waals surface area contributed by atoms with Gasteiger partial charge in [0.05, 0.1) is 13.0 Å². The van der Waals surface area contributed by atoms with Gasteiger partial charge in [-0.05, 0) is 73.4 Å². The lowest BCUT2D eigenvalue weighted by Crippen LogP contribution is -2.26. The molecule has 0 saturated carbocycles. The lowest BCUT2D eigenvalue weighted by atomic mass is 10.00. The van der Waals surface area contributed by atoms with Crippen LogP contribution in [0.15, 0.2) is 83.3 Å². The highest BCUT2D eigenvalue weighted by Gasteiger charge is 2.11. The molecule has 0 saturated heterocycles. The van der Waals surface area contributed by atoms with Crippen molar-refractivity contribution >= 4 is 17.6 Å². The van der Waals surface area contributed by atoms with E-state index in [1.807, 2.05) is 54.6 Å². The first-order chi connectivity index (χ1) is 18.5. The number of rotatable bonds is 12. The van der Waals surface area contributed by atoms with E-state index < -0.39 is 0 Å². The Morgan fingerprint density at radius 1 is 0.895 bits per heavy atom. The van der Waals surface area contributed by atoms with E-state index in [0.29, 0.717) is 29.9 Å². The van der Waals surface area contributed by atoms with Crippen LogP contribution in [0.4, 0.5) is 5.69 Å². The number of benzene rings is 3. The normalized spacial score (nSPS) is 11.5. The van der Waals surface area contributed by atoms with Crippen LogP contribution in [0.5, 0.6) is 0 Å². The molecule has 0 radical (unpaired) electrons. The van der Waals surface area contributed by atoms with Gasteiger partial charge in [-0.2, -0.15) is 0 Å². The maximum Gasteiger partial charge on any atom is 0.307 e. The minimum absolute atomic E-state index is 0.159. The van der Waals surface area contributed by atoms with Gasteiger partial charge in [0.25, 0.3) is 5.91 Å². The average Bonchev–Trinajstić information content (AvgIpc) is 3.44. The van der Waals surface area contributed by atoms with Crippen LogP contribution in [-0.2, 0) is 16.0 Å². The number of anilines is 1. The lowest BCUT2D eigenvalue weighted by molar-refractivity contribution is -0.142. The van der Waals surface area contributed by atoms with Gasteiger partial charge in [0, 0.05) is 35.5 Å². The van der Waals surface area contributed by atoms with E-state index in [0.717, 1.165) is 29.8 Å². The van der Waals surface area contributed by atoms with Crippen LogP contribution in [0.1, 0.15) is 36.2 Å². The third kappa shape index (κ3) is 7.52. The van der Waals surface area contributed by atoms with Crippen LogP contribution in [-0.4, -0.2) is 41.8 Å². The van der Waals surface area contributed by atoms with Crippen molar-refractivity contribution in [3.63, 3.8) is 0 Å². The fourth-order valence-electron chi connectivity index (χ4n) is 3.94. The van der Waals surface area contributed by atoms with Gasteiger partial charge >= 0.3 is 5.97 Å². The minimum Gasteiger partial charge on any atom is -0.466 e. The van der Waals surface area contributed by atoms with Crippen molar-refractivity contribution in [2.75, 3.05) is 25.0 Å². The molecule has 0 unspecified atom stereocenters. The van der Waals surface area contributed by atoms with Crippen LogP contribution in [0.3, 0.4) is 0 Å². The highest BCUT2D eigenvalue weighted by atomic mass is 16.5. The first kappa shape index (κ1) is 26.6. The first-order valence-electron chi connectivity index (χ1n) is 12.8. The quantitative estimate of drug-likeness (QED) is 0.246. The summed E-state index contributed by atoms with van der Waals surface area (Å²) in [7, 11) is 0. The molecule has 0 aliphatic heterocycles. The third-order valence-corrected chi connectivity index (χ3v) is 5.95. The molecule has 0 aliphatic carbocycles. The molecule has 8 nitrogen and oxygen atoms in total. The van der Waals surface area contributed by atoms with Gasteiger partial charge in [-0.3, -0.25) is 9.59 Å². The van der Waals surface area contributed by atoms with E-state index in [1.165, 1.54) is 5.56 Å². The third-order valence-electron chi connectivity index (χ3n) is 5.95. The van der Waals surface area contributed by atoms with E-state index in [9.17, 15) is 9.59 Å². The molecule has 1 heterocycles. The van der Waals surface area contributed by atoms with Gasteiger partial charge < -0.3 is 19.8 Å². The second kappa shape index (κ2) is 13.2. The highest BCUT2D eigenvalue weighted by molar-refractivity contribution is 5.94. The fraction of sp³-hybridized carbons (Fsp3) is 0.267. The standard InChI is InChI=1S/C30H32N4O4/c1-3-37-27(35)17-18-31-28(36)23-13-15-26(16-14-23)32-20-21(2)19-22-9-11-25(12-10-22)30-34-33-29(38-30)24-7-5-4-6-8-24/h4-16,21,32H,3,17-20H2,1-2H3,(H,31,36)/t21-/m1/s1. The Balaban J connectivity index is 1.22. The van der Waals surface area contributed by atoms with E-state index >= 15 is 0 Å². The Hall–Kier alpha value is -4.46. The molecule has 1 atom stereocenters. The minimum atomic E-state index is -0.318. The van der Waals surface area contributed by atoms with E-state index in [-0.39, 0.29) is 24.8 Å². The summed E-state index contributed by atoms with van der Waals surface area (Å²) >= 11 is 0. The Morgan fingerprint density at radius 2 is 1.55 bits per heavy atom. The average molecular weight is 513 g/mol. The molecule has 1 aromatic heterocycles. The van der Waals surface area contributed by atoms with Gasteiger partial charge in [0.2, 0.25) is 11.8 Å². The number of esters is 1. The summed E-state index contributed by atoms with van der Waals surface area (Å²) in [4.78, 5) is 23.6. The number of carbonyl (C=O) groups is 2. The zero-order chi connectivity index (χ0) is 26.7. The van der Waals surface area contributed by atoms with Crippen molar-refractivity contribution in [3.8, 4) is 22.9 Å². The van der Waals surface area contributed by atoms with Crippen molar-refractivity contribution in [2.45, 2.75) is 26.7 Å². The van der Waals surface area contributed by atoms with Crippen LogP contribution < -0.4 is 10.6 Å². The van der Waals surface area contributed by atoms with Gasteiger partial charge in [0.15, 0.2) is 0 Å².